The van der Waals surface area contributed by atoms with Crippen LogP contribution in [0.5, 0.6) is 0 Å². The Morgan fingerprint density at radius 2 is 1.63 bits per heavy atom. The van der Waals surface area contributed by atoms with Crippen molar-refractivity contribution in [3.63, 3.8) is 0 Å². The molecule has 2 aromatic rings. The van der Waals surface area contributed by atoms with E-state index >= 15 is 0 Å². The summed E-state index contributed by atoms with van der Waals surface area (Å²) in [6, 6.07) is 10.8. The molecule has 0 bridgehead atoms. The molecule has 0 spiro atoms. The topological polar surface area (TPSA) is 65.5 Å². The lowest BCUT2D eigenvalue weighted by Crippen LogP contribution is -2.41. The summed E-state index contributed by atoms with van der Waals surface area (Å²) in [7, 11) is 1.65. The van der Waals surface area contributed by atoms with Gasteiger partial charge in [-0.1, -0.05) is 24.3 Å². The van der Waals surface area contributed by atoms with Crippen LogP contribution in [0.1, 0.15) is 16.7 Å². The van der Waals surface area contributed by atoms with Gasteiger partial charge in [0.2, 0.25) is 5.91 Å². The number of rotatable bonds is 7. The fourth-order valence-electron chi connectivity index (χ4n) is 2.46. The molecule has 2 rings (SSSR count). The SMILES string of the molecule is CN=C(NCCNC(=O)Cc1ccc(F)cc1)NCc1ccc(F)c(C)c1. The van der Waals surface area contributed by atoms with Crippen molar-refractivity contribution in [1.29, 1.82) is 0 Å². The number of carbonyl (C=O) groups is 1. The third-order valence-corrected chi connectivity index (χ3v) is 3.92. The lowest BCUT2D eigenvalue weighted by Gasteiger charge is -2.13. The molecule has 7 heteroatoms. The molecule has 2 aromatic carbocycles. The van der Waals surface area contributed by atoms with Gasteiger partial charge in [0.05, 0.1) is 6.42 Å². The van der Waals surface area contributed by atoms with E-state index in [0.717, 1.165) is 11.1 Å². The summed E-state index contributed by atoms with van der Waals surface area (Å²) >= 11 is 0. The molecule has 0 unspecified atom stereocenters. The van der Waals surface area contributed by atoms with Crippen LogP contribution >= 0.6 is 0 Å². The van der Waals surface area contributed by atoms with Crippen LogP contribution in [0, 0.1) is 18.6 Å². The number of hydrogen-bond acceptors (Lipinski definition) is 2. The first-order chi connectivity index (χ1) is 13.0. The molecule has 0 saturated heterocycles. The number of nitrogens with one attached hydrogen (secondary N) is 3. The van der Waals surface area contributed by atoms with Crippen molar-refractivity contribution in [2.75, 3.05) is 20.1 Å². The Bertz CT molecular complexity index is 791. The normalized spacial score (nSPS) is 11.2. The number of aliphatic imine (C=N–C) groups is 1. The molecule has 0 saturated carbocycles. The average Bonchev–Trinajstić information content (AvgIpc) is 2.66. The van der Waals surface area contributed by atoms with E-state index in [4.69, 9.17) is 0 Å². The van der Waals surface area contributed by atoms with Gasteiger partial charge in [0, 0.05) is 26.7 Å². The molecule has 0 aliphatic carbocycles. The standard InChI is InChI=1S/C20H24F2N4O/c1-14-11-16(5-8-18(14)22)13-26-20(23-2)25-10-9-24-19(27)12-15-3-6-17(21)7-4-15/h3-8,11H,9-10,12-13H2,1-2H3,(H,24,27)(H2,23,25,26). The number of benzene rings is 2. The Labute approximate surface area is 157 Å². The van der Waals surface area contributed by atoms with Crippen LogP contribution in [-0.4, -0.2) is 32.0 Å². The second kappa shape index (κ2) is 10.3. The van der Waals surface area contributed by atoms with E-state index in [9.17, 15) is 13.6 Å². The van der Waals surface area contributed by atoms with Crippen molar-refractivity contribution in [3.05, 3.63) is 70.8 Å². The molecule has 3 N–H and O–H groups in total. The Morgan fingerprint density at radius 3 is 2.30 bits per heavy atom. The average molecular weight is 374 g/mol. The molecule has 0 aliphatic heterocycles. The summed E-state index contributed by atoms with van der Waals surface area (Å²) < 4.78 is 26.1. The van der Waals surface area contributed by atoms with Gasteiger partial charge in [-0.05, 0) is 41.8 Å². The van der Waals surface area contributed by atoms with Crippen LogP contribution in [0.2, 0.25) is 0 Å². The minimum Gasteiger partial charge on any atom is -0.355 e. The van der Waals surface area contributed by atoms with Crippen molar-refractivity contribution < 1.29 is 13.6 Å². The molecule has 0 aromatic heterocycles. The highest BCUT2D eigenvalue weighted by Gasteiger charge is 2.04. The lowest BCUT2D eigenvalue weighted by atomic mass is 10.1. The lowest BCUT2D eigenvalue weighted by molar-refractivity contribution is -0.120. The summed E-state index contributed by atoms with van der Waals surface area (Å²) in [5, 5.41) is 9.02. The quantitative estimate of drug-likeness (QED) is 0.396. The summed E-state index contributed by atoms with van der Waals surface area (Å²) in [5.74, 6) is -0.0893. The van der Waals surface area contributed by atoms with E-state index in [1.54, 1.807) is 38.2 Å². The van der Waals surface area contributed by atoms with E-state index in [1.165, 1.54) is 18.2 Å². The van der Waals surface area contributed by atoms with Gasteiger partial charge in [0.25, 0.3) is 0 Å². The first-order valence-electron chi connectivity index (χ1n) is 8.68. The fraction of sp³-hybridized carbons (Fsp3) is 0.300. The van der Waals surface area contributed by atoms with Gasteiger partial charge in [-0.2, -0.15) is 0 Å². The Hall–Kier alpha value is -2.96. The predicted molar refractivity (Wildman–Crippen MR) is 102 cm³/mol. The van der Waals surface area contributed by atoms with E-state index in [0.29, 0.717) is 31.2 Å². The minimum absolute atomic E-state index is 0.131. The number of guanidine groups is 1. The molecule has 5 nitrogen and oxygen atoms in total. The zero-order valence-electron chi connectivity index (χ0n) is 15.5. The van der Waals surface area contributed by atoms with Crippen molar-refractivity contribution in [2.45, 2.75) is 19.9 Å². The van der Waals surface area contributed by atoms with E-state index in [-0.39, 0.29) is 24.0 Å². The Kier molecular flexibility index (Phi) is 7.73. The van der Waals surface area contributed by atoms with Crippen molar-refractivity contribution in [3.8, 4) is 0 Å². The Morgan fingerprint density at radius 1 is 0.963 bits per heavy atom. The van der Waals surface area contributed by atoms with Gasteiger partial charge in [-0.3, -0.25) is 9.79 Å². The van der Waals surface area contributed by atoms with Crippen LogP contribution in [0.3, 0.4) is 0 Å². The summed E-state index contributed by atoms with van der Waals surface area (Å²) in [6.45, 7) is 3.16. The van der Waals surface area contributed by atoms with E-state index in [1.807, 2.05) is 0 Å². The second-order valence-electron chi connectivity index (χ2n) is 6.09. The molecular formula is C20H24F2N4O. The van der Waals surface area contributed by atoms with Crippen molar-refractivity contribution in [2.24, 2.45) is 4.99 Å². The van der Waals surface area contributed by atoms with Gasteiger partial charge in [0.15, 0.2) is 5.96 Å². The number of hydrogen-bond donors (Lipinski definition) is 3. The Balaban J connectivity index is 1.67. The van der Waals surface area contributed by atoms with Crippen LogP contribution < -0.4 is 16.0 Å². The van der Waals surface area contributed by atoms with Gasteiger partial charge < -0.3 is 16.0 Å². The number of halogens is 2. The summed E-state index contributed by atoms with van der Waals surface area (Å²) in [4.78, 5) is 16.0. The molecule has 27 heavy (non-hydrogen) atoms. The molecule has 0 fully saturated rings. The van der Waals surface area contributed by atoms with Gasteiger partial charge >= 0.3 is 0 Å². The molecule has 0 atom stereocenters. The second-order valence-corrected chi connectivity index (χ2v) is 6.09. The number of nitrogens with zero attached hydrogens (tertiary/aromatic N) is 1. The van der Waals surface area contributed by atoms with Crippen LogP contribution in [0.25, 0.3) is 0 Å². The molecule has 0 radical (unpaired) electrons. The molecule has 144 valence electrons. The predicted octanol–water partition coefficient (Wildman–Crippen LogP) is 2.30. The third kappa shape index (κ3) is 7.05. The maximum Gasteiger partial charge on any atom is 0.224 e. The molecule has 1 amide bonds. The third-order valence-electron chi connectivity index (χ3n) is 3.92. The van der Waals surface area contributed by atoms with Crippen LogP contribution in [0.4, 0.5) is 8.78 Å². The first-order valence-corrected chi connectivity index (χ1v) is 8.68. The highest BCUT2D eigenvalue weighted by Crippen LogP contribution is 2.08. The van der Waals surface area contributed by atoms with Gasteiger partial charge in [-0.25, -0.2) is 8.78 Å². The zero-order valence-corrected chi connectivity index (χ0v) is 15.5. The molecular weight excluding hydrogens is 350 g/mol. The minimum atomic E-state index is -0.321. The number of aryl methyl sites for hydroxylation is 1. The number of carbonyl (C=O) groups excluding carboxylic acids is 1. The maximum absolute atomic E-state index is 13.3. The highest BCUT2D eigenvalue weighted by molar-refractivity contribution is 5.80. The fourth-order valence-corrected chi connectivity index (χ4v) is 2.46. The summed E-state index contributed by atoms with van der Waals surface area (Å²) in [5.41, 5.74) is 2.31. The van der Waals surface area contributed by atoms with Crippen LogP contribution in [-0.2, 0) is 17.8 Å². The summed E-state index contributed by atoms with van der Waals surface area (Å²) in [6.07, 6.45) is 0.206. The monoisotopic (exact) mass is 374 g/mol. The number of amides is 1. The van der Waals surface area contributed by atoms with Gasteiger partial charge in [-0.15, -0.1) is 0 Å². The van der Waals surface area contributed by atoms with Crippen LogP contribution in [0.15, 0.2) is 47.5 Å². The smallest absolute Gasteiger partial charge is 0.224 e. The molecule has 0 heterocycles. The maximum atomic E-state index is 13.3. The first kappa shape index (κ1) is 20.4. The van der Waals surface area contributed by atoms with E-state index in [2.05, 4.69) is 20.9 Å². The largest absolute Gasteiger partial charge is 0.355 e. The zero-order chi connectivity index (χ0) is 19.6. The highest BCUT2D eigenvalue weighted by atomic mass is 19.1. The van der Waals surface area contributed by atoms with Gasteiger partial charge in [0.1, 0.15) is 11.6 Å². The van der Waals surface area contributed by atoms with Crippen molar-refractivity contribution >= 4 is 11.9 Å². The molecule has 0 aliphatic rings. The van der Waals surface area contributed by atoms with E-state index < -0.39 is 0 Å². The van der Waals surface area contributed by atoms with Crippen molar-refractivity contribution in [1.82, 2.24) is 16.0 Å².